The lowest BCUT2D eigenvalue weighted by Crippen LogP contribution is -2.59. The molecule has 0 spiro atoms. The minimum atomic E-state index is 0.0800. The second kappa shape index (κ2) is 8.80. The Morgan fingerprint density at radius 1 is 0.457 bits per heavy atom. The zero-order valence-electron chi connectivity index (χ0n) is 24.8. The topological polar surface area (TPSA) is 21.3 Å². The lowest BCUT2D eigenvalue weighted by Gasteiger charge is -2.43. The molecule has 0 bridgehead atoms. The third kappa shape index (κ3) is 3.03. The van der Waals surface area contributed by atoms with E-state index in [1.165, 1.54) is 55.3 Å². The summed E-state index contributed by atoms with van der Waals surface area (Å²) in [7, 11) is 0. The molecule has 7 aromatic carbocycles. The first-order chi connectivity index (χ1) is 22.8. The van der Waals surface area contributed by atoms with Gasteiger partial charge in [-0.15, -0.1) is 0 Å². The van der Waals surface area contributed by atoms with Crippen molar-refractivity contribution in [3.63, 3.8) is 0 Å². The van der Waals surface area contributed by atoms with E-state index in [0.29, 0.717) is 0 Å². The SMILES string of the molecule is c1ccc(-n2c3ccccc3c3cc4c(cc32)oc2c3c(ccc24)N2B(c4ccccc4-c4ccccc42)c2ccccc2-3)cc1. The second-order valence-electron chi connectivity index (χ2n) is 12.5. The highest BCUT2D eigenvalue weighted by molar-refractivity contribution is 6.92. The molecule has 2 aliphatic rings. The van der Waals surface area contributed by atoms with Gasteiger partial charge >= 0.3 is 6.85 Å². The number of furan rings is 1. The Labute approximate surface area is 265 Å². The zero-order valence-corrected chi connectivity index (χ0v) is 24.8. The molecule has 2 aromatic heterocycles. The quantitative estimate of drug-likeness (QED) is 0.179. The summed E-state index contributed by atoms with van der Waals surface area (Å²) < 4.78 is 9.36. The molecule has 46 heavy (non-hydrogen) atoms. The van der Waals surface area contributed by atoms with Gasteiger partial charge < -0.3 is 13.8 Å². The second-order valence-corrected chi connectivity index (χ2v) is 12.5. The van der Waals surface area contributed by atoms with Crippen molar-refractivity contribution >= 4 is 72.9 Å². The van der Waals surface area contributed by atoms with Crippen LogP contribution in [0.2, 0.25) is 0 Å². The van der Waals surface area contributed by atoms with Gasteiger partial charge in [-0.05, 0) is 64.5 Å². The van der Waals surface area contributed by atoms with Crippen molar-refractivity contribution in [2.24, 2.45) is 0 Å². The van der Waals surface area contributed by atoms with E-state index in [1.807, 2.05) is 0 Å². The van der Waals surface area contributed by atoms with E-state index >= 15 is 0 Å². The molecule has 212 valence electrons. The van der Waals surface area contributed by atoms with Crippen molar-refractivity contribution in [2.75, 3.05) is 4.81 Å². The van der Waals surface area contributed by atoms with E-state index in [4.69, 9.17) is 4.42 Å². The molecule has 0 atom stereocenters. The smallest absolute Gasteiger partial charge is 0.329 e. The maximum Gasteiger partial charge on any atom is 0.329 e. The highest BCUT2D eigenvalue weighted by atomic mass is 16.3. The van der Waals surface area contributed by atoms with Crippen LogP contribution >= 0.6 is 0 Å². The Morgan fingerprint density at radius 3 is 2.02 bits per heavy atom. The van der Waals surface area contributed by atoms with E-state index < -0.39 is 0 Å². The molecule has 0 unspecified atom stereocenters. The van der Waals surface area contributed by atoms with Gasteiger partial charge in [0, 0.05) is 55.8 Å². The molecule has 0 saturated carbocycles. The van der Waals surface area contributed by atoms with Crippen LogP contribution in [0.25, 0.3) is 71.7 Å². The van der Waals surface area contributed by atoms with Crippen molar-refractivity contribution in [1.82, 2.24) is 4.57 Å². The fourth-order valence-electron chi connectivity index (χ4n) is 8.32. The molecule has 3 nitrogen and oxygen atoms in total. The number of hydrogen-bond acceptors (Lipinski definition) is 2. The summed E-state index contributed by atoms with van der Waals surface area (Å²) in [6, 6.07) is 55.1. The summed E-state index contributed by atoms with van der Waals surface area (Å²) in [6.45, 7) is 0.0800. The molecule has 0 amide bonds. The van der Waals surface area contributed by atoms with Gasteiger partial charge in [-0.3, -0.25) is 0 Å². The summed E-state index contributed by atoms with van der Waals surface area (Å²) in [5.74, 6) is 0. The number of fused-ring (bicyclic) bond motifs is 18. The van der Waals surface area contributed by atoms with E-state index in [1.54, 1.807) is 0 Å². The number of hydrogen-bond donors (Lipinski definition) is 0. The van der Waals surface area contributed by atoms with Gasteiger partial charge in [0.15, 0.2) is 0 Å². The average molecular weight is 584 g/mol. The first-order valence-electron chi connectivity index (χ1n) is 15.9. The fourth-order valence-corrected chi connectivity index (χ4v) is 8.32. The Hall–Kier alpha value is -6.00. The Balaban J connectivity index is 1.24. The van der Waals surface area contributed by atoms with Crippen LogP contribution in [0.1, 0.15) is 0 Å². The molecular formula is C42H25BN2O. The van der Waals surface area contributed by atoms with Crippen LogP contribution in [-0.2, 0) is 0 Å². The normalized spacial score (nSPS) is 13.1. The van der Waals surface area contributed by atoms with Crippen molar-refractivity contribution in [3.05, 3.63) is 152 Å². The van der Waals surface area contributed by atoms with Crippen LogP contribution in [-0.4, -0.2) is 11.4 Å². The first-order valence-corrected chi connectivity index (χ1v) is 15.9. The predicted molar refractivity (Wildman–Crippen MR) is 193 cm³/mol. The summed E-state index contributed by atoms with van der Waals surface area (Å²) in [5, 5.41) is 4.76. The maximum absolute atomic E-state index is 7.00. The van der Waals surface area contributed by atoms with Crippen LogP contribution in [0, 0.1) is 0 Å². The standard InChI is InChI=1S/C42H25BN2O/c1-2-12-26(13-3-1)44-36-20-10-6-16-29(36)32-24-33-30-22-23-38-41(42(30)46-40(33)25-39(32)44)31-17-5-9-19-35(31)43-34-18-8-4-14-27(34)28-15-7-11-21-37(28)45(38)43/h1-25H. The van der Waals surface area contributed by atoms with E-state index in [0.717, 1.165) is 38.7 Å². The van der Waals surface area contributed by atoms with Crippen molar-refractivity contribution in [1.29, 1.82) is 0 Å². The fraction of sp³-hybridized carbons (Fsp3) is 0. The highest BCUT2D eigenvalue weighted by Gasteiger charge is 2.43. The van der Waals surface area contributed by atoms with Gasteiger partial charge in [0.1, 0.15) is 11.2 Å². The first kappa shape index (κ1) is 24.3. The molecule has 0 aliphatic carbocycles. The van der Waals surface area contributed by atoms with Gasteiger partial charge in [0.2, 0.25) is 0 Å². The summed E-state index contributed by atoms with van der Waals surface area (Å²) in [4.78, 5) is 2.54. The third-order valence-corrected chi connectivity index (χ3v) is 10.2. The van der Waals surface area contributed by atoms with E-state index in [9.17, 15) is 0 Å². The monoisotopic (exact) mass is 584 g/mol. The molecule has 4 heteroatoms. The lowest BCUT2D eigenvalue weighted by atomic mass is 9.43. The number of rotatable bonds is 1. The molecule has 0 fully saturated rings. The van der Waals surface area contributed by atoms with Gasteiger partial charge in [-0.2, -0.15) is 0 Å². The number of para-hydroxylation sites is 3. The van der Waals surface area contributed by atoms with Crippen LogP contribution in [0.5, 0.6) is 0 Å². The van der Waals surface area contributed by atoms with E-state index in [-0.39, 0.29) is 6.85 Å². The van der Waals surface area contributed by atoms with Gasteiger partial charge in [-0.1, -0.05) is 103 Å². The van der Waals surface area contributed by atoms with Crippen LogP contribution in [0.15, 0.2) is 156 Å². The minimum absolute atomic E-state index is 0.0800. The maximum atomic E-state index is 7.00. The van der Waals surface area contributed by atoms with Crippen LogP contribution in [0.3, 0.4) is 0 Å². The van der Waals surface area contributed by atoms with Crippen LogP contribution in [0.4, 0.5) is 11.4 Å². The molecular weight excluding hydrogens is 559 g/mol. The molecule has 4 heterocycles. The van der Waals surface area contributed by atoms with E-state index in [2.05, 4.69) is 161 Å². The Kier molecular flexibility index (Phi) is 4.66. The summed E-state index contributed by atoms with van der Waals surface area (Å²) >= 11 is 0. The van der Waals surface area contributed by atoms with Crippen molar-refractivity contribution in [3.8, 4) is 27.9 Å². The van der Waals surface area contributed by atoms with Gasteiger partial charge in [0.25, 0.3) is 0 Å². The Bertz CT molecular complexity index is 2720. The lowest BCUT2D eigenvalue weighted by molar-refractivity contribution is 0.670. The summed E-state index contributed by atoms with van der Waals surface area (Å²) in [5.41, 5.74) is 15.3. The molecule has 2 aliphatic heterocycles. The number of aromatic nitrogens is 1. The number of anilines is 2. The Morgan fingerprint density at radius 2 is 1.15 bits per heavy atom. The van der Waals surface area contributed by atoms with Gasteiger partial charge in [-0.25, -0.2) is 0 Å². The zero-order chi connectivity index (χ0) is 29.9. The third-order valence-electron chi connectivity index (χ3n) is 10.2. The molecule has 0 N–H and O–H groups in total. The number of benzene rings is 7. The van der Waals surface area contributed by atoms with Gasteiger partial charge in [0.05, 0.1) is 11.0 Å². The molecule has 11 rings (SSSR count). The summed E-state index contributed by atoms with van der Waals surface area (Å²) in [6.07, 6.45) is 0. The van der Waals surface area contributed by atoms with Crippen LogP contribution < -0.4 is 15.7 Å². The largest absolute Gasteiger partial charge is 0.455 e. The molecule has 0 saturated heterocycles. The highest BCUT2D eigenvalue weighted by Crippen LogP contribution is 2.50. The van der Waals surface area contributed by atoms with Crippen molar-refractivity contribution in [2.45, 2.75) is 0 Å². The van der Waals surface area contributed by atoms with Crippen molar-refractivity contribution < 1.29 is 4.42 Å². The minimum Gasteiger partial charge on any atom is -0.455 e. The predicted octanol–water partition coefficient (Wildman–Crippen LogP) is 9.59. The molecule has 0 radical (unpaired) electrons. The molecule has 9 aromatic rings. The average Bonchev–Trinajstić information content (AvgIpc) is 3.65. The number of nitrogens with zero attached hydrogens (tertiary/aromatic N) is 2.